The zero-order chi connectivity index (χ0) is 14.4. The number of aryl methyl sites for hydroxylation is 2. The Morgan fingerprint density at radius 1 is 1.50 bits per heavy atom. The van der Waals surface area contributed by atoms with E-state index >= 15 is 0 Å². The minimum absolute atomic E-state index is 0.0941. The number of amides is 1. The summed E-state index contributed by atoms with van der Waals surface area (Å²) >= 11 is 1.70. The van der Waals surface area contributed by atoms with Crippen LogP contribution in [0.3, 0.4) is 0 Å². The van der Waals surface area contributed by atoms with Crippen molar-refractivity contribution in [3.63, 3.8) is 0 Å². The van der Waals surface area contributed by atoms with E-state index in [1.807, 2.05) is 19.3 Å². The molecule has 1 N–H and O–H groups in total. The van der Waals surface area contributed by atoms with Crippen LogP contribution in [0, 0.1) is 6.92 Å². The molecule has 112 valence electrons. The van der Waals surface area contributed by atoms with Crippen molar-refractivity contribution >= 4 is 17.7 Å². The molecule has 1 aliphatic heterocycles. The van der Waals surface area contributed by atoms with E-state index in [1.54, 1.807) is 16.7 Å². The Hall–Kier alpha value is -1.01. The number of rotatable bonds is 6. The molecular formula is C14H23N3O2S. The lowest BCUT2D eigenvalue weighted by Crippen LogP contribution is -2.45. The van der Waals surface area contributed by atoms with Crippen LogP contribution in [0.2, 0.25) is 0 Å². The first-order chi connectivity index (χ1) is 9.68. The number of aliphatic hydroxyl groups is 1. The Labute approximate surface area is 124 Å². The molecule has 1 aliphatic rings. The highest BCUT2D eigenvalue weighted by molar-refractivity contribution is 7.99. The molecular weight excluding hydrogens is 274 g/mol. The molecule has 1 aromatic rings. The number of aromatic nitrogens is 2. The Morgan fingerprint density at radius 2 is 2.35 bits per heavy atom. The topological polar surface area (TPSA) is 58.4 Å². The Balaban J connectivity index is 1.61. The van der Waals surface area contributed by atoms with Gasteiger partial charge in [-0.25, -0.2) is 4.98 Å². The van der Waals surface area contributed by atoms with Crippen molar-refractivity contribution in [2.24, 2.45) is 0 Å². The summed E-state index contributed by atoms with van der Waals surface area (Å²) < 4.78 is 2.13. The maximum atomic E-state index is 12.0. The van der Waals surface area contributed by atoms with Gasteiger partial charge in [-0.1, -0.05) is 6.42 Å². The highest BCUT2D eigenvalue weighted by atomic mass is 32.2. The summed E-state index contributed by atoms with van der Waals surface area (Å²) in [6, 6.07) is 0. The summed E-state index contributed by atoms with van der Waals surface area (Å²) in [5.74, 6) is 2.71. The van der Waals surface area contributed by atoms with E-state index in [-0.39, 0.29) is 5.91 Å². The molecule has 0 aliphatic carbocycles. The van der Waals surface area contributed by atoms with Crippen LogP contribution in [0.1, 0.15) is 31.5 Å². The first-order valence-corrected chi connectivity index (χ1v) is 8.37. The predicted octanol–water partition coefficient (Wildman–Crippen LogP) is 1.65. The van der Waals surface area contributed by atoms with Crippen LogP contribution in [-0.4, -0.2) is 49.7 Å². The molecule has 1 saturated heterocycles. The number of hydrogen-bond donors (Lipinski definition) is 1. The summed E-state index contributed by atoms with van der Waals surface area (Å²) in [5.41, 5.74) is 0. The summed E-state index contributed by atoms with van der Waals surface area (Å²) in [4.78, 5) is 17.8. The van der Waals surface area contributed by atoms with Gasteiger partial charge in [-0.3, -0.25) is 4.79 Å². The van der Waals surface area contributed by atoms with Gasteiger partial charge in [0.25, 0.3) is 0 Å². The third-order valence-electron chi connectivity index (χ3n) is 3.64. The van der Waals surface area contributed by atoms with E-state index in [0.29, 0.717) is 18.7 Å². The van der Waals surface area contributed by atoms with Crippen molar-refractivity contribution in [1.82, 2.24) is 14.5 Å². The molecule has 6 heteroatoms. The summed E-state index contributed by atoms with van der Waals surface area (Å²) in [6.07, 6.45) is 6.74. The molecule has 0 radical (unpaired) electrons. The fourth-order valence-electron chi connectivity index (χ4n) is 2.40. The molecule has 1 fully saturated rings. The molecule has 1 atom stereocenters. The summed E-state index contributed by atoms with van der Waals surface area (Å²) in [6.45, 7) is 3.64. The molecule has 0 bridgehead atoms. The first-order valence-electron chi connectivity index (χ1n) is 7.21. The van der Waals surface area contributed by atoms with E-state index in [9.17, 15) is 9.90 Å². The van der Waals surface area contributed by atoms with Crippen molar-refractivity contribution in [1.29, 1.82) is 0 Å². The zero-order valence-electron chi connectivity index (χ0n) is 12.0. The van der Waals surface area contributed by atoms with E-state index in [2.05, 4.69) is 9.55 Å². The van der Waals surface area contributed by atoms with Gasteiger partial charge in [0.05, 0.1) is 0 Å². The molecule has 1 amide bonds. The second kappa shape index (κ2) is 7.69. The van der Waals surface area contributed by atoms with Crippen LogP contribution in [-0.2, 0) is 11.3 Å². The number of unbranched alkanes of at least 4 members (excludes halogenated alkanes) is 2. The van der Waals surface area contributed by atoms with Gasteiger partial charge in [0.2, 0.25) is 5.91 Å². The number of carbonyl (C=O) groups excluding carboxylic acids is 1. The van der Waals surface area contributed by atoms with Crippen LogP contribution in [0.15, 0.2) is 12.4 Å². The molecule has 0 spiro atoms. The SMILES string of the molecule is Cc1nccn1CCCCCC(=O)N1CCSCC1O. The highest BCUT2D eigenvalue weighted by Gasteiger charge is 2.24. The lowest BCUT2D eigenvalue weighted by atomic mass is 10.1. The number of imidazole rings is 1. The standard InChI is InChI=1S/C14H23N3O2S/c1-12-15-6-8-16(12)7-4-2-3-5-13(18)17-9-10-20-11-14(17)19/h6,8,14,19H,2-5,7,9-11H2,1H3. The predicted molar refractivity (Wildman–Crippen MR) is 80.5 cm³/mol. The number of carbonyl (C=O) groups is 1. The number of thioether (sulfide) groups is 1. The number of nitrogens with zero attached hydrogens (tertiary/aromatic N) is 3. The maximum Gasteiger partial charge on any atom is 0.224 e. The molecule has 1 unspecified atom stereocenters. The Bertz CT molecular complexity index is 436. The van der Waals surface area contributed by atoms with Crippen LogP contribution in [0.25, 0.3) is 0 Å². The van der Waals surface area contributed by atoms with Crippen molar-refractivity contribution in [2.45, 2.75) is 45.4 Å². The number of hydrogen-bond acceptors (Lipinski definition) is 4. The van der Waals surface area contributed by atoms with Crippen LogP contribution < -0.4 is 0 Å². The second-order valence-electron chi connectivity index (χ2n) is 5.12. The quantitative estimate of drug-likeness (QED) is 0.811. The molecule has 20 heavy (non-hydrogen) atoms. The van der Waals surface area contributed by atoms with Crippen molar-refractivity contribution < 1.29 is 9.90 Å². The molecule has 2 heterocycles. The second-order valence-corrected chi connectivity index (χ2v) is 6.27. The van der Waals surface area contributed by atoms with Crippen molar-refractivity contribution in [3.8, 4) is 0 Å². The third kappa shape index (κ3) is 4.24. The van der Waals surface area contributed by atoms with Gasteiger partial charge in [-0.15, -0.1) is 0 Å². The molecule has 0 aromatic carbocycles. The third-order valence-corrected chi connectivity index (χ3v) is 4.64. The monoisotopic (exact) mass is 297 g/mol. The van der Waals surface area contributed by atoms with Crippen LogP contribution in [0.5, 0.6) is 0 Å². The van der Waals surface area contributed by atoms with Crippen LogP contribution in [0.4, 0.5) is 0 Å². The van der Waals surface area contributed by atoms with Gasteiger partial charge in [-0.05, 0) is 19.8 Å². The maximum absolute atomic E-state index is 12.0. The van der Waals surface area contributed by atoms with E-state index in [0.717, 1.165) is 37.4 Å². The fraction of sp³-hybridized carbons (Fsp3) is 0.714. The Morgan fingerprint density at radius 3 is 3.05 bits per heavy atom. The van der Waals surface area contributed by atoms with Gasteiger partial charge in [0, 0.05) is 43.4 Å². The average Bonchev–Trinajstić information content (AvgIpc) is 2.84. The smallest absolute Gasteiger partial charge is 0.224 e. The molecule has 5 nitrogen and oxygen atoms in total. The summed E-state index contributed by atoms with van der Waals surface area (Å²) in [7, 11) is 0. The molecule has 2 rings (SSSR count). The van der Waals surface area contributed by atoms with Crippen molar-refractivity contribution in [3.05, 3.63) is 18.2 Å². The average molecular weight is 297 g/mol. The van der Waals surface area contributed by atoms with Gasteiger partial charge in [0.15, 0.2) is 0 Å². The first kappa shape index (κ1) is 15.4. The van der Waals surface area contributed by atoms with Crippen LogP contribution >= 0.6 is 11.8 Å². The van der Waals surface area contributed by atoms with Gasteiger partial charge in [0.1, 0.15) is 12.1 Å². The Kier molecular flexibility index (Phi) is 5.91. The van der Waals surface area contributed by atoms with E-state index in [4.69, 9.17) is 0 Å². The zero-order valence-corrected chi connectivity index (χ0v) is 12.8. The lowest BCUT2D eigenvalue weighted by molar-refractivity contribution is -0.139. The van der Waals surface area contributed by atoms with Gasteiger partial charge < -0.3 is 14.6 Å². The summed E-state index contributed by atoms with van der Waals surface area (Å²) in [5, 5.41) is 9.77. The van der Waals surface area contributed by atoms with E-state index < -0.39 is 6.23 Å². The minimum Gasteiger partial charge on any atom is -0.373 e. The van der Waals surface area contributed by atoms with E-state index in [1.165, 1.54) is 0 Å². The van der Waals surface area contributed by atoms with Crippen molar-refractivity contribution in [2.75, 3.05) is 18.1 Å². The van der Waals surface area contributed by atoms with Gasteiger partial charge >= 0.3 is 0 Å². The normalized spacial score (nSPS) is 19.3. The highest BCUT2D eigenvalue weighted by Crippen LogP contribution is 2.16. The largest absolute Gasteiger partial charge is 0.373 e. The molecule has 0 saturated carbocycles. The number of aliphatic hydroxyl groups excluding tert-OH is 1. The fourth-order valence-corrected chi connectivity index (χ4v) is 3.28. The lowest BCUT2D eigenvalue weighted by Gasteiger charge is -2.31. The molecule has 1 aromatic heterocycles. The van der Waals surface area contributed by atoms with Gasteiger partial charge in [-0.2, -0.15) is 11.8 Å². The minimum atomic E-state index is -0.588.